The van der Waals surface area contributed by atoms with Crippen molar-refractivity contribution in [1.82, 2.24) is 24.8 Å². The summed E-state index contributed by atoms with van der Waals surface area (Å²) in [4.78, 5) is 19.9. The second kappa shape index (κ2) is 10.9. The summed E-state index contributed by atoms with van der Waals surface area (Å²) in [6, 6.07) is 9.50. The van der Waals surface area contributed by atoms with Gasteiger partial charge in [-0.25, -0.2) is 14.4 Å². The highest BCUT2D eigenvalue weighted by Crippen LogP contribution is 2.16. The molecule has 1 aliphatic heterocycles. The summed E-state index contributed by atoms with van der Waals surface area (Å²) in [5.41, 5.74) is 7.84. The fraction of sp³-hybridized carbons (Fsp3) is 0.364. The SMILES string of the molecule is Nc1ccnc(N(CCN2CCOCC2)Cc2ccc(CNc3nc(F)ncc3F)cc2)n1. The topological polar surface area (TPSA) is 105 Å². The number of nitrogens with one attached hydrogen (secondary N) is 1. The van der Waals surface area contributed by atoms with E-state index in [9.17, 15) is 8.78 Å². The molecule has 1 aliphatic rings. The first-order chi connectivity index (χ1) is 16.1. The molecule has 1 fully saturated rings. The van der Waals surface area contributed by atoms with Crippen LogP contribution in [-0.2, 0) is 17.8 Å². The molecule has 33 heavy (non-hydrogen) atoms. The number of hydrogen-bond acceptors (Lipinski definition) is 9. The Labute approximate surface area is 190 Å². The number of nitrogen functional groups attached to an aromatic ring is 1. The third-order valence-electron chi connectivity index (χ3n) is 5.31. The summed E-state index contributed by atoms with van der Waals surface area (Å²) in [6.45, 7) is 5.82. The Balaban J connectivity index is 1.40. The fourth-order valence-corrected chi connectivity index (χ4v) is 3.49. The molecule has 0 unspecified atom stereocenters. The van der Waals surface area contributed by atoms with E-state index in [0.717, 1.165) is 56.7 Å². The van der Waals surface area contributed by atoms with Crippen LogP contribution in [0.3, 0.4) is 0 Å². The molecule has 174 valence electrons. The minimum atomic E-state index is -0.977. The number of halogens is 2. The molecule has 1 saturated heterocycles. The maximum Gasteiger partial charge on any atom is 0.310 e. The van der Waals surface area contributed by atoms with Crippen LogP contribution in [0.2, 0.25) is 0 Å². The Morgan fingerprint density at radius 3 is 2.55 bits per heavy atom. The van der Waals surface area contributed by atoms with Crippen LogP contribution in [0.5, 0.6) is 0 Å². The van der Waals surface area contributed by atoms with Crippen LogP contribution in [0.25, 0.3) is 0 Å². The van der Waals surface area contributed by atoms with E-state index in [0.29, 0.717) is 24.9 Å². The van der Waals surface area contributed by atoms with E-state index in [1.807, 2.05) is 24.3 Å². The molecule has 0 aliphatic carbocycles. The van der Waals surface area contributed by atoms with E-state index < -0.39 is 11.9 Å². The van der Waals surface area contributed by atoms with Crippen LogP contribution >= 0.6 is 0 Å². The lowest BCUT2D eigenvalue weighted by atomic mass is 10.1. The van der Waals surface area contributed by atoms with Crippen LogP contribution in [0.15, 0.2) is 42.7 Å². The van der Waals surface area contributed by atoms with Crippen molar-refractivity contribution in [1.29, 1.82) is 0 Å². The maximum atomic E-state index is 13.7. The standard InChI is InChI=1S/C22H26F2N8O/c23-18-14-28-21(24)30-20(18)27-13-16-1-3-17(4-2-16)15-32(22-26-6-5-19(25)29-22)8-7-31-9-11-33-12-10-31/h1-6,14H,7-13,15H2,(H2,25,26,29)(H,27,28,30). The van der Waals surface area contributed by atoms with Gasteiger partial charge in [-0.3, -0.25) is 4.90 Å². The van der Waals surface area contributed by atoms with Crippen molar-refractivity contribution >= 4 is 17.6 Å². The van der Waals surface area contributed by atoms with Gasteiger partial charge < -0.3 is 20.7 Å². The first-order valence-electron chi connectivity index (χ1n) is 10.7. The van der Waals surface area contributed by atoms with Gasteiger partial charge in [0.2, 0.25) is 5.95 Å². The average Bonchev–Trinajstić information content (AvgIpc) is 2.84. The highest BCUT2D eigenvalue weighted by Gasteiger charge is 2.15. The molecule has 1 aromatic carbocycles. The van der Waals surface area contributed by atoms with Gasteiger partial charge >= 0.3 is 6.08 Å². The minimum Gasteiger partial charge on any atom is -0.384 e. The molecular formula is C22H26F2N8O. The normalized spacial score (nSPS) is 14.2. The van der Waals surface area contributed by atoms with Crippen LogP contribution in [0.1, 0.15) is 11.1 Å². The number of aromatic nitrogens is 4. The van der Waals surface area contributed by atoms with Crippen molar-refractivity contribution in [3.63, 3.8) is 0 Å². The Kier molecular flexibility index (Phi) is 7.53. The largest absolute Gasteiger partial charge is 0.384 e. The number of morpholine rings is 1. The zero-order valence-corrected chi connectivity index (χ0v) is 18.1. The number of hydrogen-bond donors (Lipinski definition) is 2. The number of anilines is 3. The summed E-state index contributed by atoms with van der Waals surface area (Å²) >= 11 is 0. The summed E-state index contributed by atoms with van der Waals surface area (Å²) < 4.78 is 32.2. The Morgan fingerprint density at radius 2 is 1.79 bits per heavy atom. The maximum absolute atomic E-state index is 13.7. The lowest BCUT2D eigenvalue weighted by Crippen LogP contribution is -2.41. The first-order valence-corrected chi connectivity index (χ1v) is 10.7. The number of rotatable bonds is 9. The highest BCUT2D eigenvalue weighted by molar-refractivity contribution is 5.40. The molecule has 9 nitrogen and oxygen atoms in total. The molecule has 0 spiro atoms. The Morgan fingerprint density at radius 1 is 1.03 bits per heavy atom. The molecule has 2 aromatic heterocycles. The predicted molar refractivity (Wildman–Crippen MR) is 120 cm³/mol. The van der Waals surface area contributed by atoms with E-state index in [-0.39, 0.29) is 5.82 Å². The molecule has 0 bridgehead atoms. The highest BCUT2D eigenvalue weighted by atomic mass is 19.1. The third kappa shape index (κ3) is 6.53. The zero-order chi connectivity index (χ0) is 23.0. The second-order valence-electron chi connectivity index (χ2n) is 7.66. The molecule has 0 saturated carbocycles. The van der Waals surface area contributed by atoms with Crippen molar-refractivity contribution in [2.24, 2.45) is 0 Å². The first kappa shape index (κ1) is 22.7. The molecule has 11 heteroatoms. The molecule has 4 rings (SSSR count). The van der Waals surface area contributed by atoms with Gasteiger partial charge in [0.15, 0.2) is 11.6 Å². The van der Waals surface area contributed by atoms with Crippen LogP contribution < -0.4 is 16.0 Å². The molecule has 3 heterocycles. The van der Waals surface area contributed by atoms with Crippen LogP contribution in [0.4, 0.5) is 26.4 Å². The van der Waals surface area contributed by atoms with Gasteiger partial charge in [0, 0.05) is 45.5 Å². The van der Waals surface area contributed by atoms with E-state index >= 15 is 0 Å². The van der Waals surface area contributed by atoms with Gasteiger partial charge in [-0.15, -0.1) is 0 Å². The van der Waals surface area contributed by atoms with E-state index in [4.69, 9.17) is 10.5 Å². The van der Waals surface area contributed by atoms with E-state index in [1.165, 1.54) is 0 Å². The van der Waals surface area contributed by atoms with Gasteiger partial charge in [-0.2, -0.15) is 14.4 Å². The molecular weight excluding hydrogens is 430 g/mol. The summed E-state index contributed by atoms with van der Waals surface area (Å²) in [5.74, 6) is 0.132. The van der Waals surface area contributed by atoms with Crippen molar-refractivity contribution in [2.75, 3.05) is 55.3 Å². The number of nitrogens with zero attached hydrogens (tertiary/aromatic N) is 6. The predicted octanol–water partition coefficient (Wildman–Crippen LogP) is 2.08. The van der Waals surface area contributed by atoms with Crippen molar-refractivity contribution in [3.05, 3.63) is 65.7 Å². The molecule has 0 atom stereocenters. The fourth-order valence-electron chi connectivity index (χ4n) is 3.49. The van der Waals surface area contributed by atoms with Gasteiger partial charge in [-0.05, 0) is 17.2 Å². The molecule has 3 N–H and O–H groups in total. The quantitative estimate of drug-likeness (QED) is 0.468. The summed E-state index contributed by atoms with van der Waals surface area (Å²) in [6.07, 6.45) is 1.48. The summed E-state index contributed by atoms with van der Waals surface area (Å²) in [5, 5.41) is 2.79. The minimum absolute atomic E-state index is 0.167. The van der Waals surface area contributed by atoms with Crippen molar-refractivity contribution in [2.45, 2.75) is 13.1 Å². The van der Waals surface area contributed by atoms with Crippen molar-refractivity contribution in [3.8, 4) is 0 Å². The zero-order valence-electron chi connectivity index (χ0n) is 18.1. The van der Waals surface area contributed by atoms with Gasteiger partial charge in [-0.1, -0.05) is 24.3 Å². The van der Waals surface area contributed by atoms with Crippen LogP contribution in [-0.4, -0.2) is 64.2 Å². The third-order valence-corrected chi connectivity index (χ3v) is 5.31. The number of nitrogens with two attached hydrogens (primary N) is 1. The number of benzene rings is 1. The lowest BCUT2D eigenvalue weighted by molar-refractivity contribution is 0.0391. The lowest BCUT2D eigenvalue weighted by Gasteiger charge is -2.30. The van der Waals surface area contributed by atoms with E-state index in [2.05, 4.69) is 35.1 Å². The van der Waals surface area contributed by atoms with Gasteiger partial charge in [0.1, 0.15) is 5.82 Å². The van der Waals surface area contributed by atoms with Crippen LogP contribution in [0, 0.1) is 11.9 Å². The van der Waals surface area contributed by atoms with Gasteiger partial charge in [0.05, 0.1) is 19.4 Å². The summed E-state index contributed by atoms with van der Waals surface area (Å²) in [7, 11) is 0. The number of ether oxygens (including phenoxy) is 1. The molecule has 0 amide bonds. The van der Waals surface area contributed by atoms with Gasteiger partial charge in [0.25, 0.3) is 0 Å². The van der Waals surface area contributed by atoms with E-state index in [1.54, 1.807) is 12.3 Å². The smallest absolute Gasteiger partial charge is 0.310 e. The molecule has 3 aromatic rings. The molecule has 0 radical (unpaired) electrons. The average molecular weight is 457 g/mol. The van der Waals surface area contributed by atoms with Crippen molar-refractivity contribution < 1.29 is 13.5 Å². The second-order valence-corrected chi connectivity index (χ2v) is 7.66. The Bertz CT molecular complexity index is 1050. The Hall–Kier alpha value is -3.44. The monoisotopic (exact) mass is 456 g/mol.